The molecule has 0 aliphatic heterocycles. The van der Waals surface area contributed by atoms with Crippen LogP contribution in [-0.2, 0) is 4.79 Å². The molecule has 1 aliphatic rings. The summed E-state index contributed by atoms with van der Waals surface area (Å²) in [4.78, 5) is 25.9. The van der Waals surface area contributed by atoms with Gasteiger partial charge in [0.15, 0.2) is 11.5 Å². The molecule has 1 N–H and O–H groups in total. The van der Waals surface area contributed by atoms with Gasteiger partial charge in [0, 0.05) is 12.1 Å². The van der Waals surface area contributed by atoms with Crippen molar-refractivity contribution in [1.29, 1.82) is 0 Å². The molecule has 2 aromatic heterocycles. The fraction of sp³-hybridized carbons (Fsp3) is 0.357. The Labute approximate surface area is 125 Å². The fourth-order valence-electron chi connectivity index (χ4n) is 2.17. The Balaban J connectivity index is 1.85. The van der Waals surface area contributed by atoms with Crippen LogP contribution in [0.15, 0.2) is 28.1 Å². The molecule has 0 radical (unpaired) electrons. The molecule has 6 nitrogen and oxygen atoms in total. The maximum Gasteiger partial charge on any atom is 0.326 e. The van der Waals surface area contributed by atoms with Gasteiger partial charge in [-0.15, -0.1) is 11.3 Å². The number of carboxylic acid groups (broad SMARTS) is 1. The molecule has 3 rings (SSSR count). The summed E-state index contributed by atoms with van der Waals surface area (Å²) < 4.78 is 5.19. The molecule has 0 bridgehead atoms. The molecule has 1 amide bonds. The second-order valence-corrected chi connectivity index (χ2v) is 5.96. The molecule has 1 aliphatic carbocycles. The summed E-state index contributed by atoms with van der Waals surface area (Å²) >= 11 is 1.49. The van der Waals surface area contributed by atoms with E-state index in [9.17, 15) is 9.59 Å². The molecule has 1 unspecified atom stereocenters. The van der Waals surface area contributed by atoms with E-state index in [0.717, 1.165) is 17.7 Å². The van der Waals surface area contributed by atoms with E-state index < -0.39 is 12.0 Å². The van der Waals surface area contributed by atoms with Crippen molar-refractivity contribution in [2.45, 2.75) is 31.8 Å². The largest absolute Gasteiger partial charge is 0.480 e. The minimum absolute atomic E-state index is 0.00881. The zero-order valence-corrected chi connectivity index (χ0v) is 12.2. The topological polar surface area (TPSA) is 83.6 Å². The van der Waals surface area contributed by atoms with E-state index in [1.165, 1.54) is 23.2 Å². The highest BCUT2D eigenvalue weighted by Gasteiger charge is 2.39. The summed E-state index contributed by atoms with van der Waals surface area (Å²) in [5.74, 6) is -0.886. The van der Waals surface area contributed by atoms with E-state index in [0.29, 0.717) is 5.76 Å². The van der Waals surface area contributed by atoms with Crippen LogP contribution in [0.1, 0.15) is 30.3 Å². The van der Waals surface area contributed by atoms with Gasteiger partial charge >= 0.3 is 5.97 Å². The van der Waals surface area contributed by atoms with Crippen LogP contribution >= 0.6 is 11.3 Å². The van der Waals surface area contributed by atoms with Gasteiger partial charge in [0.1, 0.15) is 6.04 Å². The van der Waals surface area contributed by atoms with Crippen LogP contribution in [0.25, 0.3) is 10.6 Å². The Kier molecular flexibility index (Phi) is 3.50. The lowest BCUT2D eigenvalue weighted by Crippen LogP contribution is -2.44. The minimum atomic E-state index is -1.02. The number of carbonyl (C=O) groups excluding carboxylic acids is 1. The second kappa shape index (κ2) is 5.33. The highest BCUT2D eigenvalue weighted by molar-refractivity contribution is 7.13. The quantitative estimate of drug-likeness (QED) is 0.917. The summed E-state index contributed by atoms with van der Waals surface area (Å²) in [5, 5.41) is 14.8. The fourth-order valence-corrected chi connectivity index (χ4v) is 2.85. The van der Waals surface area contributed by atoms with Crippen molar-refractivity contribution in [2.24, 2.45) is 0 Å². The summed E-state index contributed by atoms with van der Waals surface area (Å²) in [5.41, 5.74) is 0.151. The molecule has 1 fully saturated rings. The molecule has 0 spiro atoms. The highest BCUT2D eigenvalue weighted by Crippen LogP contribution is 2.31. The standard InChI is InChI=1S/C14H14N2O4S/c1-8(14(18)19)16(9-4-5-9)13(17)10-7-11(20-15-10)12-3-2-6-21-12/h2-3,6-9H,4-5H2,1H3,(H,18,19). The third kappa shape index (κ3) is 2.69. The maximum atomic E-state index is 12.5. The SMILES string of the molecule is CC(C(=O)O)N(C(=O)c1cc(-c2cccs2)on1)C1CC1. The van der Waals surface area contributed by atoms with Crippen LogP contribution in [0.5, 0.6) is 0 Å². The van der Waals surface area contributed by atoms with E-state index in [-0.39, 0.29) is 17.6 Å². The normalized spacial score (nSPS) is 15.7. The van der Waals surface area contributed by atoms with Crippen molar-refractivity contribution >= 4 is 23.2 Å². The Morgan fingerprint density at radius 2 is 2.29 bits per heavy atom. The molecule has 2 heterocycles. The van der Waals surface area contributed by atoms with Crippen molar-refractivity contribution in [3.8, 4) is 10.6 Å². The van der Waals surface area contributed by atoms with E-state index in [1.807, 2.05) is 17.5 Å². The molecule has 21 heavy (non-hydrogen) atoms. The van der Waals surface area contributed by atoms with E-state index in [2.05, 4.69) is 5.16 Å². The van der Waals surface area contributed by atoms with Crippen LogP contribution in [0.3, 0.4) is 0 Å². The first-order valence-electron chi connectivity index (χ1n) is 6.64. The number of hydrogen-bond donors (Lipinski definition) is 1. The first kappa shape index (κ1) is 13.8. The first-order chi connectivity index (χ1) is 10.1. The summed E-state index contributed by atoms with van der Waals surface area (Å²) in [6.45, 7) is 1.51. The highest BCUT2D eigenvalue weighted by atomic mass is 32.1. The number of carbonyl (C=O) groups is 2. The Bertz CT molecular complexity index is 660. The molecule has 0 saturated heterocycles. The number of amides is 1. The molecule has 1 atom stereocenters. The summed E-state index contributed by atoms with van der Waals surface area (Å²) in [6, 6.07) is 4.45. The number of hydrogen-bond acceptors (Lipinski definition) is 5. The van der Waals surface area contributed by atoms with Crippen molar-refractivity contribution in [2.75, 3.05) is 0 Å². The zero-order chi connectivity index (χ0) is 15.0. The van der Waals surface area contributed by atoms with Crippen LogP contribution < -0.4 is 0 Å². The molecular formula is C14H14N2O4S. The molecule has 1 saturated carbocycles. The summed E-state index contributed by atoms with van der Waals surface area (Å²) in [6.07, 6.45) is 1.66. The molecule has 2 aromatic rings. The average molecular weight is 306 g/mol. The number of aromatic nitrogens is 1. The van der Waals surface area contributed by atoms with Gasteiger partial charge in [-0.3, -0.25) is 4.79 Å². The predicted molar refractivity (Wildman–Crippen MR) is 76.1 cm³/mol. The Morgan fingerprint density at radius 1 is 1.52 bits per heavy atom. The van der Waals surface area contributed by atoms with Gasteiger partial charge in [0.2, 0.25) is 0 Å². The first-order valence-corrected chi connectivity index (χ1v) is 7.52. The zero-order valence-electron chi connectivity index (χ0n) is 11.4. The van der Waals surface area contributed by atoms with Gasteiger partial charge in [-0.1, -0.05) is 11.2 Å². The summed E-state index contributed by atoms with van der Waals surface area (Å²) in [7, 11) is 0. The maximum absolute atomic E-state index is 12.5. The smallest absolute Gasteiger partial charge is 0.326 e. The third-order valence-electron chi connectivity index (χ3n) is 3.44. The van der Waals surface area contributed by atoms with Crippen LogP contribution in [0.4, 0.5) is 0 Å². The second-order valence-electron chi connectivity index (χ2n) is 5.01. The molecule has 110 valence electrons. The van der Waals surface area contributed by atoms with E-state index >= 15 is 0 Å². The van der Waals surface area contributed by atoms with Gasteiger partial charge in [0.25, 0.3) is 5.91 Å². The lowest BCUT2D eigenvalue weighted by atomic mass is 10.2. The predicted octanol–water partition coefficient (Wildman–Crippen LogP) is 2.48. The van der Waals surface area contributed by atoms with Crippen molar-refractivity contribution in [1.82, 2.24) is 10.1 Å². The lowest BCUT2D eigenvalue weighted by molar-refractivity contribution is -0.141. The van der Waals surface area contributed by atoms with E-state index in [4.69, 9.17) is 9.63 Å². The van der Waals surface area contributed by atoms with Crippen LogP contribution in [0, 0.1) is 0 Å². The van der Waals surface area contributed by atoms with Crippen molar-refractivity contribution in [3.63, 3.8) is 0 Å². The minimum Gasteiger partial charge on any atom is -0.480 e. The van der Waals surface area contributed by atoms with E-state index in [1.54, 1.807) is 6.07 Å². The van der Waals surface area contributed by atoms with Gasteiger partial charge < -0.3 is 14.5 Å². The number of aliphatic carboxylic acids is 1. The Morgan fingerprint density at radius 3 is 2.86 bits per heavy atom. The monoisotopic (exact) mass is 306 g/mol. The number of rotatable bonds is 5. The molecule has 0 aromatic carbocycles. The Hall–Kier alpha value is -2.15. The van der Waals surface area contributed by atoms with Crippen LogP contribution in [-0.4, -0.2) is 39.1 Å². The number of carboxylic acids is 1. The molecular weight excluding hydrogens is 292 g/mol. The van der Waals surface area contributed by atoms with Gasteiger partial charge in [-0.25, -0.2) is 4.79 Å². The number of nitrogens with zero attached hydrogens (tertiary/aromatic N) is 2. The van der Waals surface area contributed by atoms with Gasteiger partial charge in [0.05, 0.1) is 4.88 Å². The third-order valence-corrected chi connectivity index (χ3v) is 4.33. The van der Waals surface area contributed by atoms with Gasteiger partial charge in [-0.05, 0) is 31.2 Å². The van der Waals surface area contributed by atoms with Gasteiger partial charge in [-0.2, -0.15) is 0 Å². The number of thiophene rings is 1. The average Bonchev–Trinajstić information content (AvgIpc) is 2.97. The van der Waals surface area contributed by atoms with Crippen LogP contribution in [0.2, 0.25) is 0 Å². The van der Waals surface area contributed by atoms with Crippen molar-refractivity contribution in [3.05, 3.63) is 29.3 Å². The van der Waals surface area contributed by atoms with Crippen molar-refractivity contribution < 1.29 is 19.2 Å². The lowest BCUT2D eigenvalue weighted by Gasteiger charge is -2.25. The molecule has 7 heteroatoms.